The van der Waals surface area contributed by atoms with Gasteiger partial charge in [-0.15, -0.1) is 10.2 Å². The monoisotopic (exact) mass is 472 g/mol. The largest absolute Gasteiger partial charge is 0.383 e. The van der Waals surface area contributed by atoms with Gasteiger partial charge in [0.1, 0.15) is 5.69 Å². The average Bonchev–Trinajstić information content (AvgIpc) is 3.20. The van der Waals surface area contributed by atoms with Crippen LogP contribution in [0.2, 0.25) is 0 Å². The summed E-state index contributed by atoms with van der Waals surface area (Å²) < 4.78 is 14.7. The predicted molar refractivity (Wildman–Crippen MR) is 127 cm³/mol. The lowest BCUT2D eigenvalue weighted by Crippen LogP contribution is -2.30. The summed E-state index contributed by atoms with van der Waals surface area (Å²) in [5.74, 6) is -0.247. The molecular formula is C21H24N6O5S. The van der Waals surface area contributed by atoms with Gasteiger partial charge in [-0.3, -0.25) is 14.9 Å². The average molecular weight is 473 g/mol. The van der Waals surface area contributed by atoms with Crippen molar-refractivity contribution in [1.29, 1.82) is 0 Å². The number of benzene rings is 2. The van der Waals surface area contributed by atoms with Gasteiger partial charge in [0.15, 0.2) is 5.00 Å². The minimum atomic E-state index is -0.468. The van der Waals surface area contributed by atoms with Crippen molar-refractivity contribution in [2.45, 2.75) is 6.92 Å². The van der Waals surface area contributed by atoms with E-state index in [2.05, 4.69) is 24.8 Å². The number of amides is 1. The van der Waals surface area contributed by atoms with Gasteiger partial charge in [0.2, 0.25) is 5.91 Å². The van der Waals surface area contributed by atoms with Crippen LogP contribution in [0.3, 0.4) is 0 Å². The summed E-state index contributed by atoms with van der Waals surface area (Å²) in [5, 5.41) is 23.4. The summed E-state index contributed by atoms with van der Waals surface area (Å²) in [6, 6.07) is 9.85. The molecule has 0 fully saturated rings. The molecule has 0 aliphatic carbocycles. The van der Waals surface area contributed by atoms with Crippen LogP contribution in [0.25, 0.3) is 10.9 Å². The van der Waals surface area contributed by atoms with Crippen LogP contribution >= 0.6 is 11.5 Å². The molecule has 0 saturated heterocycles. The molecule has 1 heterocycles. The SMILES string of the molecule is COCCN(CCOC)c1ccc(N=Nc2snc3ccc([N+](=O)[O-])cc23)c(NC(C)=O)c1. The molecule has 0 aliphatic heterocycles. The van der Waals surface area contributed by atoms with Gasteiger partial charge in [-0.05, 0) is 35.8 Å². The molecule has 1 N–H and O–H groups in total. The molecule has 11 nitrogen and oxygen atoms in total. The first kappa shape index (κ1) is 24.2. The Morgan fingerprint density at radius 2 is 1.88 bits per heavy atom. The molecule has 0 atom stereocenters. The Morgan fingerprint density at radius 3 is 2.52 bits per heavy atom. The van der Waals surface area contributed by atoms with Gasteiger partial charge in [0, 0.05) is 57.4 Å². The molecule has 3 rings (SSSR count). The first-order chi connectivity index (χ1) is 15.9. The summed E-state index contributed by atoms with van der Waals surface area (Å²) in [4.78, 5) is 24.5. The highest BCUT2D eigenvalue weighted by atomic mass is 32.1. The van der Waals surface area contributed by atoms with E-state index in [0.29, 0.717) is 53.6 Å². The minimum absolute atomic E-state index is 0.0466. The number of aromatic nitrogens is 1. The van der Waals surface area contributed by atoms with Gasteiger partial charge in [-0.2, -0.15) is 4.37 Å². The van der Waals surface area contributed by atoms with E-state index < -0.39 is 4.92 Å². The maximum absolute atomic E-state index is 11.8. The third-order valence-electron chi connectivity index (χ3n) is 4.69. The highest BCUT2D eigenvalue weighted by Crippen LogP contribution is 2.36. The molecule has 33 heavy (non-hydrogen) atoms. The molecular weight excluding hydrogens is 448 g/mol. The zero-order chi connectivity index (χ0) is 23.8. The minimum Gasteiger partial charge on any atom is -0.383 e. The first-order valence-electron chi connectivity index (χ1n) is 10.0. The van der Waals surface area contributed by atoms with Gasteiger partial charge in [-0.1, -0.05) is 0 Å². The van der Waals surface area contributed by atoms with E-state index in [-0.39, 0.29) is 11.6 Å². The van der Waals surface area contributed by atoms with Crippen molar-refractivity contribution in [3.63, 3.8) is 0 Å². The summed E-state index contributed by atoms with van der Waals surface area (Å²) in [7, 11) is 3.27. The molecule has 174 valence electrons. The first-order valence-corrected chi connectivity index (χ1v) is 10.8. The van der Waals surface area contributed by atoms with E-state index in [9.17, 15) is 14.9 Å². The van der Waals surface area contributed by atoms with Gasteiger partial charge in [0.05, 0.1) is 29.3 Å². The number of hydrogen-bond acceptors (Lipinski definition) is 10. The van der Waals surface area contributed by atoms with Crippen molar-refractivity contribution in [3.05, 3.63) is 46.5 Å². The highest BCUT2D eigenvalue weighted by Gasteiger charge is 2.14. The van der Waals surface area contributed by atoms with E-state index >= 15 is 0 Å². The summed E-state index contributed by atoms with van der Waals surface area (Å²) >= 11 is 1.09. The van der Waals surface area contributed by atoms with Crippen LogP contribution in [0.5, 0.6) is 0 Å². The number of nitrogens with one attached hydrogen (secondary N) is 1. The third kappa shape index (κ3) is 6.28. The molecule has 0 bridgehead atoms. The number of carbonyl (C=O) groups excluding carboxylic acids is 1. The molecule has 3 aromatic rings. The Kier molecular flexibility index (Phi) is 8.35. The second-order valence-electron chi connectivity index (χ2n) is 7.00. The lowest BCUT2D eigenvalue weighted by atomic mass is 10.2. The Balaban J connectivity index is 1.94. The maximum atomic E-state index is 11.8. The van der Waals surface area contributed by atoms with Crippen molar-refractivity contribution >= 4 is 56.1 Å². The van der Waals surface area contributed by atoms with E-state index in [1.54, 1.807) is 26.4 Å². The van der Waals surface area contributed by atoms with Crippen molar-refractivity contribution in [3.8, 4) is 0 Å². The van der Waals surface area contributed by atoms with Crippen molar-refractivity contribution in [2.24, 2.45) is 10.2 Å². The number of carbonyl (C=O) groups is 1. The molecule has 0 unspecified atom stereocenters. The smallest absolute Gasteiger partial charge is 0.270 e. The second-order valence-corrected chi connectivity index (χ2v) is 7.75. The molecule has 0 saturated carbocycles. The number of anilines is 2. The van der Waals surface area contributed by atoms with Crippen LogP contribution in [0, 0.1) is 10.1 Å². The van der Waals surface area contributed by atoms with Gasteiger partial charge >= 0.3 is 0 Å². The molecule has 12 heteroatoms. The lowest BCUT2D eigenvalue weighted by molar-refractivity contribution is -0.384. The fraction of sp³-hybridized carbons (Fsp3) is 0.333. The number of nitro benzene ring substituents is 1. The fourth-order valence-electron chi connectivity index (χ4n) is 3.07. The molecule has 0 spiro atoms. The normalized spacial score (nSPS) is 11.2. The Morgan fingerprint density at radius 1 is 1.15 bits per heavy atom. The topological polar surface area (TPSA) is 132 Å². The number of hydrogen-bond donors (Lipinski definition) is 1. The molecule has 1 amide bonds. The third-order valence-corrected chi connectivity index (χ3v) is 5.45. The van der Waals surface area contributed by atoms with Crippen LogP contribution in [0.15, 0.2) is 46.6 Å². The van der Waals surface area contributed by atoms with E-state index in [1.807, 2.05) is 12.1 Å². The van der Waals surface area contributed by atoms with Crippen LogP contribution < -0.4 is 10.2 Å². The van der Waals surface area contributed by atoms with Gasteiger partial charge in [-0.25, -0.2) is 0 Å². The Labute approximate surface area is 194 Å². The van der Waals surface area contributed by atoms with Crippen LogP contribution in [-0.4, -0.2) is 55.7 Å². The van der Waals surface area contributed by atoms with Crippen molar-refractivity contribution < 1.29 is 19.2 Å². The summed E-state index contributed by atoms with van der Waals surface area (Å²) in [6.07, 6.45) is 0. The summed E-state index contributed by atoms with van der Waals surface area (Å²) in [6.45, 7) is 3.77. The number of non-ortho nitro benzene ring substituents is 1. The van der Waals surface area contributed by atoms with Gasteiger partial charge in [0.25, 0.3) is 5.69 Å². The molecule has 2 aromatic carbocycles. The number of rotatable bonds is 11. The zero-order valence-electron chi connectivity index (χ0n) is 18.5. The molecule has 0 radical (unpaired) electrons. The quantitative estimate of drug-likeness (QED) is 0.243. The number of azo groups is 1. The molecule has 0 aliphatic rings. The second kappa shape index (κ2) is 11.4. The Bertz CT molecular complexity index is 1160. The standard InChI is InChI=1S/C21H24N6O5S/c1-14(28)22-20-13-15(26(8-10-31-2)9-11-32-3)4-7-19(20)23-24-21-17-12-16(27(29)30)5-6-18(17)25-33-21/h4-7,12-13H,8-11H2,1-3H3,(H,22,28). The fourth-order valence-corrected chi connectivity index (χ4v) is 3.76. The van der Waals surface area contributed by atoms with Crippen molar-refractivity contribution in [1.82, 2.24) is 4.37 Å². The molecule has 1 aromatic heterocycles. The lowest BCUT2D eigenvalue weighted by Gasteiger charge is -2.25. The van der Waals surface area contributed by atoms with E-state index in [0.717, 1.165) is 17.2 Å². The maximum Gasteiger partial charge on any atom is 0.270 e. The van der Waals surface area contributed by atoms with Crippen LogP contribution in [0.1, 0.15) is 6.92 Å². The number of nitro groups is 1. The van der Waals surface area contributed by atoms with E-state index in [1.165, 1.54) is 19.1 Å². The zero-order valence-corrected chi connectivity index (χ0v) is 19.3. The summed E-state index contributed by atoms with van der Waals surface area (Å²) in [5.41, 5.74) is 2.35. The van der Waals surface area contributed by atoms with Crippen molar-refractivity contribution in [2.75, 3.05) is 50.7 Å². The number of methoxy groups -OCH3 is 2. The van der Waals surface area contributed by atoms with Gasteiger partial charge < -0.3 is 19.7 Å². The van der Waals surface area contributed by atoms with E-state index in [4.69, 9.17) is 9.47 Å². The highest BCUT2D eigenvalue weighted by molar-refractivity contribution is 7.11. The Hall–Kier alpha value is -3.48. The number of nitrogens with zero attached hydrogens (tertiary/aromatic N) is 5. The number of fused-ring (bicyclic) bond motifs is 1. The number of ether oxygens (including phenoxy) is 2. The van der Waals surface area contributed by atoms with Crippen LogP contribution in [-0.2, 0) is 14.3 Å². The van der Waals surface area contributed by atoms with Crippen LogP contribution in [0.4, 0.5) is 27.8 Å². The predicted octanol–water partition coefficient (Wildman–Crippen LogP) is 4.68.